The first-order chi connectivity index (χ1) is 6.88. The van der Waals surface area contributed by atoms with Crippen LogP contribution >= 0.6 is 0 Å². The quantitative estimate of drug-likeness (QED) is 0.648. The molecule has 14 heavy (non-hydrogen) atoms. The highest BCUT2D eigenvalue weighted by atomic mass is 15.1. The van der Waals surface area contributed by atoms with Crippen LogP contribution in [-0.2, 0) is 6.42 Å². The van der Waals surface area contributed by atoms with Crippen molar-refractivity contribution in [1.82, 2.24) is 5.32 Å². The van der Waals surface area contributed by atoms with Crippen LogP contribution in [0.25, 0.3) is 0 Å². The molecule has 2 heteroatoms. The van der Waals surface area contributed by atoms with Gasteiger partial charge in [0.15, 0.2) is 0 Å². The summed E-state index contributed by atoms with van der Waals surface area (Å²) in [5.74, 6) is 0. The number of para-hydroxylation sites is 1. The van der Waals surface area contributed by atoms with Crippen LogP contribution in [0, 0.1) is 0 Å². The van der Waals surface area contributed by atoms with Gasteiger partial charge in [-0.3, -0.25) is 0 Å². The third-order valence-electron chi connectivity index (χ3n) is 3.50. The Morgan fingerprint density at radius 3 is 3.00 bits per heavy atom. The van der Waals surface area contributed by atoms with Crippen molar-refractivity contribution in [2.24, 2.45) is 0 Å². The molecular weight excluding hydrogens is 172 g/mol. The summed E-state index contributed by atoms with van der Waals surface area (Å²) in [5, 5.41) is 7.18. The Morgan fingerprint density at radius 1 is 1.21 bits per heavy atom. The van der Waals surface area contributed by atoms with Gasteiger partial charge in [0, 0.05) is 17.8 Å². The Kier molecular flexibility index (Phi) is 1.77. The molecule has 3 rings (SSSR count). The third-order valence-corrected chi connectivity index (χ3v) is 3.50. The van der Waals surface area contributed by atoms with E-state index in [1.807, 2.05) is 0 Å². The molecule has 0 aliphatic carbocycles. The van der Waals surface area contributed by atoms with E-state index in [-0.39, 0.29) is 0 Å². The maximum Gasteiger partial charge on any atom is 0.0396 e. The molecule has 0 bridgehead atoms. The van der Waals surface area contributed by atoms with Gasteiger partial charge in [0.25, 0.3) is 0 Å². The summed E-state index contributed by atoms with van der Waals surface area (Å²) in [7, 11) is 0. The molecule has 0 radical (unpaired) electrons. The molecule has 1 aromatic rings. The smallest absolute Gasteiger partial charge is 0.0396 e. The fourth-order valence-corrected chi connectivity index (χ4v) is 2.71. The first-order valence-corrected chi connectivity index (χ1v) is 5.45. The van der Waals surface area contributed by atoms with Gasteiger partial charge in [0.05, 0.1) is 0 Å². The molecule has 2 N–H and O–H groups in total. The van der Waals surface area contributed by atoms with Gasteiger partial charge < -0.3 is 10.6 Å². The van der Waals surface area contributed by atoms with Crippen molar-refractivity contribution >= 4 is 5.69 Å². The first-order valence-electron chi connectivity index (χ1n) is 5.45. The molecule has 1 saturated heterocycles. The number of nitrogens with one attached hydrogen (secondary N) is 2. The molecular formula is C12H16N2. The van der Waals surface area contributed by atoms with Crippen LogP contribution in [0.5, 0.6) is 0 Å². The van der Waals surface area contributed by atoms with Crippen LogP contribution in [0.2, 0.25) is 0 Å². The number of fused-ring (bicyclic) bond motifs is 1. The predicted octanol–water partition coefficient (Wildman–Crippen LogP) is 1.78. The molecule has 2 aliphatic rings. The highest BCUT2D eigenvalue weighted by molar-refractivity contribution is 5.54. The van der Waals surface area contributed by atoms with Crippen molar-refractivity contribution in [3.8, 4) is 0 Å². The van der Waals surface area contributed by atoms with Crippen LogP contribution in [0.1, 0.15) is 18.4 Å². The number of rotatable bonds is 0. The zero-order valence-electron chi connectivity index (χ0n) is 8.34. The Hall–Kier alpha value is -1.02. The van der Waals surface area contributed by atoms with Crippen molar-refractivity contribution in [1.29, 1.82) is 0 Å². The zero-order chi connectivity index (χ0) is 9.43. The lowest BCUT2D eigenvalue weighted by atomic mass is 9.85. The van der Waals surface area contributed by atoms with E-state index >= 15 is 0 Å². The second-order valence-electron chi connectivity index (χ2n) is 4.50. The Balaban J connectivity index is 1.92. The van der Waals surface area contributed by atoms with Gasteiger partial charge in [-0.05, 0) is 37.4 Å². The fourth-order valence-electron chi connectivity index (χ4n) is 2.71. The normalized spacial score (nSPS) is 30.0. The van der Waals surface area contributed by atoms with Crippen LogP contribution in [0.4, 0.5) is 5.69 Å². The predicted molar refractivity (Wildman–Crippen MR) is 58.6 cm³/mol. The standard InChI is InChI=1S/C12H16N2/c1-2-5-11-10(4-1)8-12(9-13-11)6-3-7-14-12/h1-2,4-5,13-14H,3,6-9H2. The average Bonchev–Trinajstić information content (AvgIpc) is 2.66. The van der Waals surface area contributed by atoms with E-state index in [1.54, 1.807) is 0 Å². The summed E-state index contributed by atoms with van der Waals surface area (Å²) in [6.45, 7) is 2.27. The van der Waals surface area contributed by atoms with E-state index in [1.165, 1.54) is 37.1 Å². The van der Waals surface area contributed by atoms with E-state index in [4.69, 9.17) is 0 Å². The Morgan fingerprint density at radius 2 is 2.14 bits per heavy atom. The van der Waals surface area contributed by atoms with Crippen molar-refractivity contribution in [3.05, 3.63) is 29.8 Å². The minimum Gasteiger partial charge on any atom is -0.383 e. The molecule has 74 valence electrons. The van der Waals surface area contributed by atoms with Crippen molar-refractivity contribution in [3.63, 3.8) is 0 Å². The molecule has 2 nitrogen and oxygen atoms in total. The number of benzene rings is 1. The van der Waals surface area contributed by atoms with Crippen molar-refractivity contribution < 1.29 is 0 Å². The van der Waals surface area contributed by atoms with Crippen LogP contribution < -0.4 is 10.6 Å². The van der Waals surface area contributed by atoms with E-state index in [0.29, 0.717) is 5.54 Å². The molecule has 0 amide bonds. The largest absolute Gasteiger partial charge is 0.383 e. The first kappa shape index (κ1) is 8.30. The number of hydrogen-bond donors (Lipinski definition) is 2. The lowest BCUT2D eigenvalue weighted by Crippen LogP contribution is -2.50. The minimum atomic E-state index is 0.356. The fraction of sp³-hybridized carbons (Fsp3) is 0.500. The third kappa shape index (κ3) is 1.22. The summed E-state index contributed by atoms with van der Waals surface area (Å²) in [5.41, 5.74) is 3.15. The second kappa shape index (κ2) is 2.99. The molecule has 0 saturated carbocycles. The Labute approximate surface area is 84.7 Å². The number of hydrogen-bond acceptors (Lipinski definition) is 2. The topological polar surface area (TPSA) is 24.1 Å². The SMILES string of the molecule is c1ccc2c(c1)CC1(CCCN1)CN2. The molecule has 1 unspecified atom stereocenters. The maximum absolute atomic E-state index is 3.65. The van der Waals surface area contributed by atoms with E-state index in [2.05, 4.69) is 34.9 Å². The monoisotopic (exact) mass is 188 g/mol. The molecule has 2 aliphatic heterocycles. The van der Waals surface area contributed by atoms with Crippen LogP contribution in [0.3, 0.4) is 0 Å². The van der Waals surface area contributed by atoms with E-state index < -0.39 is 0 Å². The van der Waals surface area contributed by atoms with Crippen LogP contribution in [0.15, 0.2) is 24.3 Å². The molecule has 2 heterocycles. The van der Waals surface area contributed by atoms with E-state index in [9.17, 15) is 0 Å². The Bertz CT molecular complexity index is 340. The van der Waals surface area contributed by atoms with Crippen molar-refractivity contribution in [2.45, 2.75) is 24.8 Å². The van der Waals surface area contributed by atoms with E-state index in [0.717, 1.165) is 6.54 Å². The second-order valence-corrected chi connectivity index (χ2v) is 4.50. The summed E-state index contributed by atoms with van der Waals surface area (Å²) in [4.78, 5) is 0. The van der Waals surface area contributed by atoms with Gasteiger partial charge in [0.2, 0.25) is 0 Å². The highest BCUT2D eigenvalue weighted by Crippen LogP contribution is 2.31. The van der Waals surface area contributed by atoms with Gasteiger partial charge >= 0.3 is 0 Å². The molecule has 1 fully saturated rings. The lowest BCUT2D eigenvalue weighted by molar-refractivity contribution is 0.385. The summed E-state index contributed by atoms with van der Waals surface area (Å²) >= 11 is 0. The molecule has 0 aromatic heterocycles. The maximum atomic E-state index is 3.65. The average molecular weight is 188 g/mol. The minimum absolute atomic E-state index is 0.356. The summed E-state index contributed by atoms with van der Waals surface area (Å²) < 4.78 is 0. The zero-order valence-corrected chi connectivity index (χ0v) is 8.34. The number of anilines is 1. The molecule has 1 aromatic carbocycles. The lowest BCUT2D eigenvalue weighted by Gasteiger charge is -2.35. The summed E-state index contributed by atoms with van der Waals surface area (Å²) in [6.07, 6.45) is 3.83. The van der Waals surface area contributed by atoms with Gasteiger partial charge in [-0.25, -0.2) is 0 Å². The molecule has 1 atom stereocenters. The van der Waals surface area contributed by atoms with Crippen LogP contribution in [-0.4, -0.2) is 18.6 Å². The van der Waals surface area contributed by atoms with Gasteiger partial charge in [0.1, 0.15) is 0 Å². The molecule has 1 spiro atoms. The van der Waals surface area contributed by atoms with Gasteiger partial charge in [-0.15, -0.1) is 0 Å². The summed E-state index contributed by atoms with van der Waals surface area (Å²) in [6, 6.07) is 8.65. The van der Waals surface area contributed by atoms with Gasteiger partial charge in [-0.2, -0.15) is 0 Å². The highest BCUT2D eigenvalue weighted by Gasteiger charge is 2.36. The van der Waals surface area contributed by atoms with Gasteiger partial charge in [-0.1, -0.05) is 18.2 Å². The van der Waals surface area contributed by atoms with Crippen molar-refractivity contribution in [2.75, 3.05) is 18.4 Å².